The van der Waals surface area contributed by atoms with Crippen molar-refractivity contribution in [2.24, 2.45) is 0 Å². The minimum Gasteiger partial charge on any atom is -0.458 e. The smallest absolute Gasteiger partial charge is 0.271 e. The van der Waals surface area contributed by atoms with E-state index in [1.54, 1.807) is 0 Å². The van der Waals surface area contributed by atoms with Crippen LogP contribution in [0.4, 0.5) is 51.4 Å². The first kappa shape index (κ1) is 40.7. The van der Waals surface area contributed by atoms with Crippen LogP contribution < -0.4 is 50.8 Å². The van der Waals surface area contributed by atoms with Crippen LogP contribution in [0.3, 0.4) is 0 Å². The van der Waals surface area contributed by atoms with E-state index >= 15 is 0 Å². The van der Waals surface area contributed by atoms with Crippen LogP contribution in [0.5, 0.6) is 11.5 Å². The Bertz CT molecular complexity index is 3900. The highest BCUT2D eigenvalue weighted by Crippen LogP contribution is 2.52. The molecule has 15 rings (SSSR count). The van der Waals surface area contributed by atoms with Crippen LogP contribution >= 0.6 is 22.7 Å². The summed E-state index contributed by atoms with van der Waals surface area (Å²) in [6.07, 6.45) is 2.30. The maximum atomic E-state index is 7.38. The first-order chi connectivity index (χ1) is 34.0. The maximum absolute atomic E-state index is 7.38. The Hall–Kier alpha value is -7.13. The zero-order valence-electron chi connectivity index (χ0n) is 40.0. The minimum absolute atomic E-state index is 0.0224. The first-order valence-corrected chi connectivity index (χ1v) is 26.2. The number of hydrogen-bond acceptors (Lipinski definition) is 8. The molecule has 0 amide bonds. The fourth-order valence-corrected chi connectivity index (χ4v) is 15.3. The summed E-state index contributed by atoms with van der Waals surface area (Å²) in [5.41, 5.74) is 17.8. The number of benzene rings is 6. The van der Waals surface area contributed by atoms with Gasteiger partial charge in [-0.3, -0.25) is 9.80 Å². The molecule has 6 aromatic carbocycles. The topological polar surface area (TPSA) is 44.7 Å². The highest BCUT2D eigenvalue weighted by molar-refractivity contribution is 7.34. The highest BCUT2D eigenvalue weighted by Gasteiger charge is 2.50. The van der Waals surface area contributed by atoms with Gasteiger partial charge in [-0.05, 0) is 120 Å². The van der Waals surface area contributed by atoms with Gasteiger partial charge in [-0.25, -0.2) is 9.97 Å². The number of ether oxygens (including phenoxy) is 1. The summed E-state index contributed by atoms with van der Waals surface area (Å²) in [5, 5.41) is 2.48. The predicted molar refractivity (Wildman–Crippen MR) is 297 cm³/mol. The predicted octanol–water partition coefficient (Wildman–Crippen LogP) is 12.4. The van der Waals surface area contributed by atoms with Crippen molar-refractivity contribution < 1.29 is 4.74 Å². The average Bonchev–Trinajstić information content (AvgIpc) is 3.94. The summed E-state index contributed by atoms with van der Waals surface area (Å²) in [6.45, 7) is 13.8. The van der Waals surface area contributed by atoms with E-state index in [0.29, 0.717) is 0 Å². The van der Waals surface area contributed by atoms with Crippen molar-refractivity contribution in [3.8, 4) is 11.5 Å². The molecule has 8 heterocycles. The second-order valence-electron chi connectivity index (χ2n) is 21.2. The zero-order valence-corrected chi connectivity index (χ0v) is 41.6. The summed E-state index contributed by atoms with van der Waals surface area (Å²) in [7, 11) is 0. The van der Waals surface area contributed by atoms with Gasteiger partial charge in [0.25, 0.3) is 13.4 Å². The van der Waals surface area contributed by atoms with Crippen LogP contribution in [0.25, 0.3) is 20.2 Å². The lowest BCUT2D eigenvalue weighted by atomic mass is 9.33. The standard InChI is InChI=1S/C60H47B2N5OS2/c1-34-29-46-51-57(63-34)66(36-17-9-7-10-18-36)53-39-21-13-15-23-49(39)69-55(53)61(51)43-32-44-47(33-45(43)65(46)38-25-26-41-42(31-38)60(5,6)28-27-59(41,3)4)68-48-30-35(2)64-58-52(48)62(44)56-54(40-22-14-16-24-50(40)70-56)67(58)37-19-11-8-12-20-37/h7-26,29-33H,27-28H2,1-6H3. The fraction of sp³-hybridized carbons (Fsp3) is 0.167. The molecule has 0 saturated heterocycles. The second kappa shape index (κ2) is 14.2. The van der Waals surface area contributed by atoms with Gasteiger partial charge in [-0.15, -0.1) is 22.7 Å². The summed E-state index contributed by atoms with van der Waals surface area (Å²) in [6, 6.07) is 56.2. The number of para-hydroxylation sites is 2. The monoisotopic (exact) mass is 939 g/mol. The van der Waals surface area contributed by atoms with Crippen molar-refractivity contribution in [2.75, 3.05) is 14.7 Å². The molecule has 336 valence electrons. The third kappa shape index (κ3) is 5.52. The molecular formula is C60H47B2N5OS2. The Labute approximate surface area is 417 Å². The van der Waals surface area contributed by atoms with Crippen LogP contribution in [-0.2, 0) is 10.8 Å². The number of aromatic nitrogens is 2. The van der Waals surface area contributed by atoms with E-state index in [9.17, 15) is 0 Å². The van der Waals surface area contributed by atoms with E-state index in [0.717, 1.165) is 75.6 Å². The van der Waals surface area contributed by atoms with E-state index in [2.05, 4.69) is 208 Å². The Morgan fingerprint density at radius 1 is 0.486 bits per heavy atom. The van der Waals surface area contributed by atoms with Crippen LogP contribution in [0, 0.1) is 13.8 Å². The van der Waals surface area contributed by atoms with Gasteiger partial charge >= 0.3 is 0 Å². The van der Waals surface area contributed by atoms with Gasteiger partial charge < -0.3 is 9.64 Å². The van der Waals surface area contributed by atoms with Crippen molar-refractivity contribution in [1.29, 1.82) is 0 Å². The number of rotatable bonds is 3. The molecule has 0 radical (unpaired) electrons. The Balaban J connectivity index is 1.05. The van der Waals surface area contributed by atoms with Gasteiger partial charge in [0.1, 0.15) is 23.1 Å². The van der Waals surface area contributed by atoms with Crippen LogP contribution in [0.15, 0.2) is 152 Å². The molecule has 0 saturated carbocycles. The third-order valence-electron chi connectivity index (χ3n) is 16.0. The highest BCUT2D eigenvalue weighted by atomic mass is 32.1. The number of thiophene rings is 2. The number of hydrogen-bond donors (Lipinski definition) is 0. The van der Waals surface area contributed by atoms with E-state index in [4.69, 9.17) is 14.7 Å². The Kier molecular flexibility index (Phi) is 8.29. The lowest BCUT2D eigenvalue weighted by Crippen LogP contribution is -2.63. The summed E-state index contributed by atoms with van der Waals surface area (Å²) in [4.78, 5) is 18.4. The normalized spacial score (nSPS) is 16.2. The molecule has 5 aliphatic rings. The van der Waals surface area contributed by atoms with Crippen molar-refractivity contribution in [1.82, 2.24) is 9.97 Å². The average molecular weight is 940 g/mol. The fourth-order valence-electron chi connectivity index (χ4n) is 12.7. The van der Waals surface area contributed by atoms with E-state index in [1.165, 1.54) is 74.3 Å². The summed E-state index contributed by atoms with van der Waals surface area (Å²) < 4.78 is 12.6. The molecule has 10 heteroatoms. The molecule has 10 aromatic rings. The molecule has 0 unspecified atom stereocenters. The molecule has 6 nitrogen and oxygen atoms in total. The summed E-state index contributed by atoms with van der Waals surface area (Å²) in [5.74, 6) is 3.68. The number of aryl methyl sites for hydroxylation is 2. The van der Waals surface area contributed by atoms with E-state index in [-0.39, 0.29) is 24.3 Å². The number of pyridine rings is 2. The van der Waals surface area contributed by atoms with Gasteiger partial charge in [0.05, 0.1) is 11.4 Å². The van der Waals surface area contributed by atoms with Crippen LogP contribution in [0.2, 0.25) is 0 Å². The molecule has 1 aliphatic carbocycles. The lowest BCUT2D eigenvalue weighted by Gasteiger charge is -2.45. The molecule has 4 aliphatic heterocycles. The Morgan fingerprint density at radius 3 is 1.66 bits per heavy atom. The van der Waals surface area contributed by atoms with Gasteiger partial charge in [0, 0.05) is 87.1 Å². The molecule has 4 aromatic heterocycles. The van der Waals surface area contributed by atoms with Gasteiger partial charge in [-0.2, -0.15) is 0 Å². The molecule has 0 N–H and O–H groups in total. The van der Waals surface area contributed by atoms with Crippen LogP contribution in [-0.4, -0.2) is 23.4 Å². The minimum atomic E-state index is -0.108. The molecule has 0 spiro atoms. The van der Waals surface area contributed by atoms with E-state index in [1.807, 2.05) is 22.7 Å². The number of fused-ring (bicyclic) bond motifs is 13. The Morgan fingerprint density at radius 2 is 1.03 bits per heavy atom. The number of anilines is 9. The number of nitrogens with zero attached hydrogens (tertiary/aromatic N) is 5. The van der Waals surface area contributed by atoms with Gasteiger partial charge in [-0.1, -0.05) is 113 Å². The molecule has 0 fully saturated rings. The lowest BCUT2D eigenvalue weighted by molar-refractivity contribution is 0.332. The molecule has 0 atom stereocenters. The third-order valence-corrected chi connectivity index (χ3v) is 18.5. The van der Waals surface area contributed by atoms with E-state index < -0.39 is 0 Å². The van der Waals surface area contributed by atoms with Crippen LogP contribution in [0.1, 0.15) is 63.1 Å². The van der Waals surface area contributed by atoms with Crippen molar-refractivity contribution >= 4 is 139 Å². The second-order valence-corrected chi connectivity index (χ2v) is 23.4. The largest absolute Gasteiger partial charge is 0.458 e. The quantitative estimate of drug-likeness (QED) is 0.165. The van der Waals surface area contributed by atoms with Gasteiger partial charge in [0.15, 0.2) is 0 Å². The molecular weight excluding hydrogens is 892 g/mol. The van der Waals surface area contributed by atoms with Crippen molar-refractivity contribution in [2.45, 2.75) is 65.2 Å². The summed E-state index contributed by atoms with van der Waals surface area (Å²) >= 11 is 3.83. The SMILES string of the molecule is Cc1cc2c3c(n1)N(c1ccccc1)c1c(sc4ccccc14)B3c1cc3c(cc1O2)N(c1ccc2c(c1)C(C)(C)CCC2(C)C)c1cc(C)nc2c1B3c1sc3ccccc3c1N2c1ccccc1. The van der Waals surface area contributed by atoms with Crippen molar-refractivity contribution in [3.05, 3.63) is 174 Å². The zero-order chi connectivity index (χ0) is 46.9. The van der Waals surface area contributed by atoms with Gasteiger partial charge in [0.2, 0.25) is 0 Å². The first-order valence-electron chi connectivity index (χ1n) is 24.6. The molecule has 0 bridgehead atoms. The van der Waals surface area contributed by atoms with Crippen molar-refractivity contribution in [3.63, 3.8) is 0 Å². The maximum Gasteiger partial charge on any atom is 0.271 e. The molecule has 70 heavy (non-hydrogen) atoms.